The van der Waals surface area contributed by atoms with Gasteiger partial charge in [0.2, 0.25) is 0 Å². The van der Waals surface area contributed by atoms with Crippen molar-refractivity contribution in [2.45, 2.75) is 44.0 Å². The number of rotatable bonds is 2. The van der Waals surface area contributed by atoms with Crippen LogP contribution in [0.4, 0.5) is 23.7 Å². The summed E-state index contributed by atoms with van der Waals surface area (Å²) in [4.78, 5) is 11.8. The Kier molecular flexibility index (Phi) is 4.72. The van der Waals surface area contributed by atoms with E-state index in [1.165, 1.54) is 18.2 Å². The highest BCUT2D eigenvalue weighted by atomic mass is 19.4. The topological polar surface area (TPSA) is 61.4 Å². The third-order valence-electron chi connectivity index (χ3n) is 3.51. The highest BCUT2D eigenvalue weighted by Crippen LogP contribution is 2.34. The summed E-state index contributed by atoms with van der Waals surface area (Å²) >= 11 is 0. The molecule has 0 heterocycles. The summed E-state index contributed by atoms with van der Waals surface area (Å²) in [6.07, 6.45) is -2.45. The largest absolute Gasteiger partial charge is 0.418 e. The minimum absolute atomic E-state index is 0.119. The van der Waals surface area contributed by atoms with Gasteiger partial charge >= 0.3 is 12.2 Å². The monoisotopic (exact) mass is 302 g/mol. The third kappa shape index (κ3) is 4.35. The Labute approximate surface area is 120 Å². The number of amides is 2. The normalized spacial score (nSPS) is 22.7. The van der Waals surface area contributed by atoms with Crippen molar-refractivity contribution in [3.8, 4) is 0 Å². The van der Waals surface area contributed by atoms with Crippen molar-refractivity contribution >= 4 is 11.7 Å². The molecule has 0 aliphatic heterocycles. The van der Waals surface area contributed by atoms with Crippen LogP contribution >= 0.6 is 0 Å². The molecule has 2 rings (SSSR count). The Morgan fingerprint density at radius 1 is 1.14 bits per heavy atom. The quantitative estimate of drug-likeness (QED) is 0.786. The first-order chi connectivity index (χ1) is 9.86. The van der Waals surface area contributed by atoms with E-state index in [-0.39, 0.29) is 17.8 Å². The fraction of sp³-hybridized carbons (Fsp3) is 0.500. The van der Waals surface area contributed by atoms with E-state index in [0.29, 0.717) is 25.7 Å². The highest BCUT2D eigenvalue weighted by Gasteiger charge is 2.33. The maximum absolute atomic E-state index is 12.8. The number of aliphatic hydroxyl groups excluding tert-OH is 1. The first-order valence-electron chi connectivity index (χ1n) is 6.78. The van der Waals surface area contributed by atoms with Crippen LogP contribution < -0.4 is 10.6 Å². The lowest BCUT2D eigenvalue weighted by Crippen LogP contribution is -2.41. The Balaban J connectivity index is 1.97. The second kappa shape index (κ2) is 6.34. The number of hydrogen-bond donors (Lipinski definition) is 3. The molecule has 1 fully saturated rings. The number of carbonyl (C=O) groups excluding carboxylic acids is 1. The molecule has 1 saturated carbocycles. The van der Waals surface area contributed by atoms with Crippen molar-refractivity contribution < 1.29 is 23.1 Å². The summed E-state index contributed by atoms with van der Waals surface area (Å²) < 4.78 is 38.4. The minimum atomic E-state index is -4.52. The van der Waals surface area contributed by atoms with Gasteiger partial charge in [-0.15, -0.1) is 0 Å². The number of benzene rings is 1. The zero-order chi connectivity index (χ0) is 15.5. The summed E-state index contributed by atoms with van der Waals surface area (Å²) in [5, 5.41) is 14.2. The zero-order valence-corrected chi connectivity index (χ0v) is 11.3. The maximum Gasteiger partial charge on any atom is 0.418 e. The summed E-state index contributed by atoms with van der Waals surface area (Å²) in [6, 6.07) is 4.06. The van der Waals surface area contributed by atoms with Gasteiger partial charge in [0.05, 0.1) is 17.4 Å². The Morgan fingerprint density at radius 3 is 2.38 bits per heavy atom. The smallest absolute Gasteiger partial charge is 0.393 e. The zero-order valence-electron chi connectivity index (χ0n) is 11.3. The van der Waals surface area contributed by atoms with Gasteiger partial charge in [0.15, 0.2) is 0 Å². The van der Waals surface area contributed by atoms with E-state index in [1.54, 1.807) is 0 Å². The van der Waals surface area contributed by atoms with Crippen LogP contribution in [0.15, 0.2) is 24.3 Å². The van der Waals surface area contributed by atoms with E-state index >= 15 is 0 Å². The second-order valence-electron chi connectivity index (χ2n) is 5.15. The number of halogens is 3. The van der Waals surface area contributed by atoms with Crippen LogP contribution in [-0.4, -0.2) is 23.3 Å². The van der Waals surface area contributed by atoms with Crippen LogP contribution in [0.25, 0.3) is 0 Å². The van der Waals surface area contributed by atoms with Gasteiger partial charge in [-0.05, 0) is 37.8 Å². The highest BCUT2D eigenvalue weighted by molar-refractivity contribution is 5.90. The molecule has 3 N–H and O–H groups in total. The summed E-state index contributed by atoms with van der Waals surface area (Å²) in [6.45, 7) is 0. The molecule has 0 spiro atoms. The molecule has 1 aliphatic carbocycles. The van der Waals surface area contributed by atoms with E-state index in [4.69, 9.17) is 0 Å². The van der Waals surface area contributed by atoms with Gasteiger partial charge in [0.1, 0.15) is 0 Å². The van der Waals surface area contributed by atoms with Crippen LogP contribution in [-0.2, 0) is 6.18 Å². The first kappa shape index (κ1) is 15.6. The predicted molar refractivity (Wildman–Crippen MR) is 71.9 cm³/mol. The van der Waals surface area contributed by atoms with Crippen molar-refractivity contribution in [2.24, 2.45) is 0 Å². The summed E-state index contributed by atoms with van der Waals surface area (Å²) in [7, 11) is 0. The molecule has 0 bridgehead atoms. The number of nitrogens with one attached hydrogen (secondary N) is 2. The molecular weight excluding hydrogens is 285 g/mol. The van der Waals surface area contributed by atoms with Crippen LogP contribution in [0.5, 0.6) is 0 Å². The number of hydrogen-bond acceptors (Lipinski definition) is 2. The molecule has 0 radical (unpaired) electrons. The minimum Gasteiger partial charge on any atom is -0.393 e. The van der Waals surface area contributed by atoms with E-state index in [0.717, 1.165) is 6.07 Å². The number of aliphatic hydroxyl groups is 1. The number of carbonyl (C=O) groups is 1. The van der Waals surface area contributed by atoms with Crippen LogP contribution in [0.1, 0.15) is 31.2 Å². The molecule has 2 amide bonds. The molecule has 0 unspecified atom stereocenters. The molecule has 1 aliphatic rings. The van der Waals surface area contributed by atoms with Crippen LogP contribution in [0.3, 0.4) is 0 Å². The predicted octanol–water partition coefficient (Wildman–Crippen LogP) is 3.13. The molecule has 0 atom stereocenters. The van der Waals surface area contributed by atoms with E-state index in [1.807, 2.05) is 0 Å². The fourth-order valence-corrected chi connectivity index (χ4v) is 2.40. The molecule has 0 aromatic heterocycles. The van der Waals surface area contributed by atoms with E-state index < -0.39 is 17.8 Å². The number of anilines is 1. The van der Waals surface area contributed by atoms with Gasteiger partial charge in [-0.1, -0.05) is 12.1 Å². The van der Waals surface area contributed by atoms with Gasteiger partial charge in [0, 0.05) is 6.04 Å². The third-order valence-corrected chi connectivity index (χ3v) is 3.51. The lowest BCUT2D eigenvalue weighted by atomic mass is 9.93. The molecule has 0 saturated heterocycles. The average Bonchev–Trinajstić information content (AvgIpc) is 2.41. The molecule has 1 aromatic carbocycles. The Bertz CT molecular complexity index is 497. The maximum atomic E-state index is 12.8. The molecular formula is C14H17F3N2O2. The van der Waals surface area contributed by atoms with Crippen LogP contribution in [0.2, 0.25) is 0 Å². The van der Waals surface area contributed by atoms with Gasteiger partial charge in [0.25, 0.3) is 0 Å². The van der Waals surface area contributed by atoms with Crippen molar-refractivity contribution in [2.75, 3.05) is 5.32 Å². The Morgan fingerprint density at radius 2 is 1.76 bits per heavy atom. The molecule has 1 aromatic rings. The SMILES string of the molecule is O=C(Nc1ccccc1C(F)(F)F)NC1CCC(O)CC1. The summed E-state index contributed by atoms with van der Waals surface area (Å²) in [5.74, 6) is 0. The average molecular weight is 302 g/mol. The van der Waals surface area contributed by atoms with Gasteiger partial charge in [-0.3, -0.25) is 0 Å². The molecule has 116 valence electrons. The van der Waals surface area contributed by atoms with Crippen molar-refractivity contribution in [1.82, 2.24) is 5.32 Å². The number of urea groups is 1. The van der Waals surface area contributed by atoms with Gasteiger partial charge in [-0.2, -0.15) is 13.2 Å². The van der Waals surface area contributed by atoms with Crippen molar-refractivity contribution in [1.29, 1.82) is 0 Å². The fourth-order valence-electron chi connectivity index (χ4n) is 2.40. The van der Waals surface area contributed by atoms with Crippen LogP contribution in [0, 0.1) is 0 Å². The van der Waals surface area contributed by atoms with E-state index in [9.17, 15) is 23.1 Å². The lowest BCUT2D eigenvalue weighted by Gasteiger charge is -2.26. The van der Waals surface area contributed by atoms with Gasteiger partial charge < -0.3 is 15.7 Å². The number of alkyl halides is 3. The lowest BCUT2D eigenvalue weighted by molar-refractivity contribution is -0.136. The molecule has 4 nitrogen and oxygen atoms in total. The standard InChI is InChI=1S/C14H17F3N2O2/c15-14(16,17)11-3-1-2-4-12(11)19-13(21)18-9-5-7-10(20)8-6-9/h1-4,9-10,20H,5-8H2,(H2,18,19,21). The Hall–Kier alpha value is -1.76. The van der Waals surface area contributed by atoms with Crippen molar-refractivity contribution in [3.63, 3.8) is 0 Å². The van der Waals surface area contributed by atoms with Crippen molar-refractivity contribution in [3.05, 3.63) is 29.8 Å². The van der Waals surface area contributed by atoms with E-state index in [2.05, 4.69) is 10.6 Å². The summed E-state index contributed by atoms with van der Waals surface area (Å²) in [5.41, 5.74) is -1.14. The number of para-hydroxylation sites is 1. The first-order valence-corrected chi connectivity index (χ1v) is 6.78. The molecule has 21 heavy (non-hydrogen) atoms. The second-order valence-corrected chi connectivity index (χ2v) is 5.15. The molecule has 7 heteroatoms. The van der Waals surface area contributed by atoms with Gasteiger partial charge in [-0.25, -0.2) is 4.79 Å².